The molecule has 0 aliphatic carbocycles. The summed E-state index contributed by atoms with van der Waals surface area (Å²) >= 11 is 3.40. The first-order valence-corrected chi connectivity index (χ1v) is 6.15. The Balaban J connectivity index is 2.17. The van der Waals surface area contributed by atoms with Gasteiger partial charge in [0.15, 0.2) is 0 Å². The van der Waals surface area contributed by atoms with Crippen molar-refractivity contribution in [1.82, 2.24) is 9.88 Å². The molecule has 0 radical (unpaired) electrons. The average Bonchev–Trinajstić information content (AvgIpc) is 2.27. The van der Waals surface area contributed by atoms with E-state index >= 15 is 0 Å². The van der Waals surface area contributed by atoms with E-state index in [0.717, 1.165) is 23.1 Å². The maximum absolute atomic E-state index is 11.9. The number of ether oxygens (including phenoxy) is 1. The van der Waals surface area contributed by atoms with Crippen LogP contribution in [0.15, 0.2) is 21.5 Å². The van der Waals surface area contributed by atoms with Crippen LogP contribution in [0.2, 0.25) is 0 Å². The van der Waals surface area contributed by atoms with E-state index in [1.807, 2.05) is 19.2 Å². The second-order valence-electron chi connectivity index (χ2n) is 4.00. The van der Waals surface area contributed by atoms with Gasteiger partial charge in [0.25, 0.3) is 5.56 Å². The van der Waals surface area contributed by atoms with Gasteiger partial charge >= 0.3 is 0 Å². The lowest BCUT2D eigenvalue weighted by Crippen LogP contribution is -2.42. The lowest BCUT2D eigenvalue weighted by molar-refractivity contribution is 0.0176. The first kappa shape index (κ1) is 11.8. The Bertz CT molecular complexity index is 424. The molecule has 1 aromatic heterocycles. The first-order valence-electron chi connectivity index (χ1n) is 5.36. The molecule has 0 spiro atoms. The second kappa shape index (κ2) is 5.12. The van der Waals surface area contributed by atoms with Crippen molar-refractivity contribution in [2.24, 2.45) is 0 Å². The summed E-state index contributed by atoms with van der Waals surface area (Å²) < 4.78 is 8.21. The molecule has 0 bridgehead atoms. The Morgan fingerprint density at radius 2 is 2.50 bits per heavy atom. The Morgan fingerprint density at radius 3 is 3.19 bits per heavy atom. The smallest absolute Gasteiger partial charge is 0.253 e. The largest absolute Gasteiger partial charge is 0.374 e. The zero-order chi connectivity index (χ0) is 11.5. The molecular weight excluding hydrogens is 272 g/mol. The zero-order valence-electron chi connectivity index (χ0n) is 9.20. The number of rotatable bonds is 2. The molecule has 1 unspecified atom stereocenters. The monoisotopic (exact) mass is 286 g/mol. The molecule has 1 aliphatic rings. The quantitative estimate of drug-likeness (QED) is 0.879. The van der Waals surface area contributed by atoms with E-state index < -0.39 is 0 Å². The molecule has 0 saturated carbocycles. The van der Waals surface area contributed by atoms with E-state index in [2.05, 4.69) is 21.2 Å². The van der Waals surface area contributed by atoms with Gasteiger partial charge in [-0.1, -0.05) is 0 Å². The highest BCUT2D eigenvalue weighted by atomic mass is 79.9. The highest BCUT2D eigenvalue weighted by molar-refractivity contribution is 9.10. The summed E-state index contributed by atoms with van der Waals surface area (Å²) in [7, 11) is 0. The van der Waals surface area contributed by atoms with E-state index in [9.17, 15) is 4.79 Å². The molecule has 5 heteroatoms. The Kier molecular flexibility index (Phi) is 3.78. The molecule has 2 heterocycles. The van der Waals surface area contributed by atoms with Crippen LogP contribution >= 0.6 is 15.9 Å². The molecule has 1 saturated heterocycles. The fourth-order valence-corrected chi connectivity index (χ4v) is 2.42. The highest BCUT2D eigenvalue weighted by Crippen LogP contribution is 2.09. The minimum Gasteiger partial charge on any atom is -0.374 e. The fraction of sp³-hybridized carbons (Fsp3) is 0.545. The van der Waals surface area contributed by atoms with Gasteiger partial charge in [-0.05, 0) is 28.9 Å². The molecule has 0 aromatic carbocycles. The number of halogens is 1. The summed E-state index contributed by atoms with van der Waals surface area (Å²) in [6.45, 7) is 4.84. The predicted molar refractivity (Wildman–Crippen MR) is 65.7 cm³/mol. The van der Waals surface area contributed by atoms with Gasteiger partial charge in [-0.2, -0.15) is 0 Å². The number of morpholine rings is 1. The average molecular weight is 287 g/mol. The van der Waals surface area contributed by atoms with Crippen molar-refractivity contribution >= 4 is 15.9 Å². The molecule has 88 valence electrons. The van der Waals surface area contributed by atoms with Crippen molar-refractivity contribution in [2.45, 2.75) is 19.6 Å². The molecule has 1 atom stereocenters. The van der Waals surface area contributed by atoms with E-state index in [4.69, 9.17) is 4.74 Å². The van der Waals surface area contributed by atoms with Gasteiger partial charge in [0.1, 0.15) is 0 Å². The molecule has 16 heavy (non-hydrogen) atoms. The van der Waals surface area contributed by atoms with Crippen molar-refractivity contribution in [3.8, 4) is 0 Å². The molecule has 2 rings (SSSR count). The third kappa shape index (κ3) is 2.72. The topological polar surface area (TPSA) is 43.3 Å². The van der Waals surface area contributed by atoms with Crippen molar-refractivity contribution in [3.05, 3.63) is 32.7 Å². The van der Waals surface area contributed by atoms with Crippen LogP contribution in [0.4, 0.5) is 0 Å². The number of aryl methyl sites for hydroxylation is 1. The maximum Gasteiger partial charge on any atom is 0.253 e. The Hall–Kier alpha value is -0.650. The first-order chi connectivity index (χ1) is 7.66. The summed E-state index contributed by atoms with van der Waals surface area (Å²) in [5.74, 6) is 0. The minimum absolute atomic E-state index is 0.0531. The molecule has 1 aromatic rings. The molecule has 0 amide bonds. The van der Waals surface area contributed by atoms with E-state index in [1.54, 1.807) is 4.57 Å². The lowest BCUT2D eigenvalue weighted by Gasteiger charge is -2.24. The number of aromatic nitrogens is 1. The van der Waals surface area contributed by atoms with Gasteiger partial charge < -0.3 is 14.6 Å². The van der Waals surface area contributed by atoms with Crippen LogP contribution in [0.1, 0.15) is 5.56 Å². The third-order valence-corrected chi connectivity index (χ3v) is 3.07. The van der Waals surface area contributed by atoms with E-state index in [0.29, 0.717) is 13.2 Å². The number of pyridine rings is 1. The van der Waals surface area contributed by atoms with Crippen molar-refractivity contribution in [2.75, 3.05) is 19.7 Å². The van der Waals surface area contributed by atoms with Crippen LogP contribution in [0.5, 0.6) is 0 Å². The lowest BCUT2D eigenvalue weighted by atomic mass is 10.2. The maximum atomic E-state index is 11.9. The van der Waals surface area contributed by atoms with Gasteiger partial charge in [-0.3, -0.25) is 4.79 Å². The predicted octanol–water partition coefficient (Wildman–Crippen LogP) is 0.908. The summed E-state index contributed by atoms with van der Waals surface area (Å²) in [5.41, 5.74) is 0.801. The van der Waals surface area contributed by atoms with Gasteiger partial charge in [0, 0.05) is 29.3 Å². The number of nitrogens with one attached hydrogen (secondary N) is 1. The third-order valence-electron chi connectivity index (χ3n) is 2.64. The molecule has 1 aliphatic heterocycles. The zero-order valence-corrected chi connectivity index (χ0v) is 10.8. The summed E-state index contributed by atoms with van der Waals surface area (Å²) in [4.78, 5) is 11.9. The van der Waals surface area contributed by atoms with Crippen LogP contribution in [0, 0.1) is 6.92 Å². The minimum atomic E-state index is 0.0531. The fourth-order valence-electron chi connectivity index (χ4n) is 1.83. The van der Waals surface area contributed by atoms with Gasteiger partial charge in [-0.25, -0.2) is 0 Å². The highest BCUT2D eigenvalue weighted by Gasteiger charge is 2.15. The van der Waals surface area contributed by atoms with Crippen LogP contribution in [-0.2, 0) is 11.3 Å². The van der Waals surface area contributed by atoms with Crippen LogP contribution in [0.25, 0.3) is 0 Å². The SMILES string of the molecule is Cc1cc(Br)cn(CC2CNCCO2)c1=O. The Morgan fingerprint density at radius 1 is 1.69 bits per heavy atom. The molecule has 1 fully saturated rings. The summed E-state index contributed by atoms with van der Waals surface area (Å²) in [6.07, 6.45) is 1.90. The second-order valence-corrected chi connectivity index (χ2v) is 4.91. The number of nitrogens with zero attached hydrogens (tertiary/aromatic N) is 1. The normalized spacial score (nSPS) is 21.0. The van der Waals surface area contributed by atoms with Gasteiger partial charge in [-0.15, -0.1) is 0 Å². The number of hydrogen-bond donors (Lipinski definition) is 1. The van der Waals surface area contributed by atoms with Gasteiger partial charge in [0.2, 0.25) is 0 Å². The van der Waals surface area contributed by atoms with Crippen molar-refractivity contribution in [1.29, 1.82) is 0 Å². The Labute approximate surface area is 103 Å². The van der Waals surface area contributed by atoms with E-state index in [1.165, 1.54) is 0 Å². The van der Waals surface area contributed by atoms with Gasteiger partial charge in [0.05, 0.1) is 19.3 Å². The van der Waals surface area contributed by atoms with Crippen LogP contribution < -0.4 is 10.9 Å². The van der Waals surface area contributed by atoms with Crippen molar-refractivity contribution in [3.63, 3.8) is 0 Å². The summed E-state index contributed by atoms with van der Waals surface area (Å²) in [5, 5.41) is 3.25. The van der Waals surface area contributed by atoms with Crippen LogP contribution in [0.3, 0.4) is 0 Å². The van der Waals surface area contributed by atoms with E-state index in [-0.39, 0.29) is 11.7 Å². The standard InChI is InChI=1S/C11H15BrN2O2/c1-8-4-9(12)6-14(11(8)15)7-10-5-13-2-3-16-10/h4,6,10,13H,2-3,5,7H2,1H3. The summed E-state index contributed by atoms with van der Waals surface area (Å²) in [6, 6.07) is 1.83. The molecule has 4 nitrogen and oxygen atoms in total. The molecule has 1 N–H and O–H groups in total. The molecular formula is C11H15BrN2O2. The number of hydrogen-bond acceptors (Lipinski definition) is 3. The van der Waals surface area contributed by atoms with Crippen molar-refractivity contribution < 1.29 is 4.74 Å². The van der Waals surface area contributed by atoms with Crippen LogP contribution in [-0.4, -0.2) is 30.4 Å².